The van der Waals surface area contributed by atoms with Gasteiger partial charge in [-0.05, 0) is 43.2 Å². The fourth-order valence-corrected chi connectivity index (χ4v) is 3.06. The van der Waals surface area contributed by atoms with Gasteiger partial charge in [-0.15, -0.1) is 0 Å². The maximum atomic E-state index is 12.6. The van der Waals surface area contributed by atoms with Crippen LogP contribution in [0, 0.1) is 13.8 Å². The van der Waals surface area contributed by atoms with Crippen LogP contribution in [0.5, 0.6) is 11.5 Å². The number of rotatable bonds is 7. The van der Waals surface area contributed by atoms with E-state index in [9.17, 15) is 4.79 Å². The molecule has 3 aromatic rings. The maximum absolute atomic E-state index is 12.6. The second-order valence-corrected chi connectivity index (χ2v) is 6.73. The van der Waals surface area contributed by atoms with Gasteiger partial charge in [0.1, 0.15) is 23.4 Å². The third-order valence-corrected chi connectivity index (χ3v) is 4.56. The second-order valence-electron chi connectivity index (χ2n) is 6.73. The molecule has 0 aliphatic heterocycles. The molecule has 146 valence electrons. The zero-order valence-corrected chi connectivity index (χ0v) is 16.6. The van der Waals surface area contributed by atoms with Crippen molar-refractivity contribution >= 4 is 5.91 Å². The van der Waals surface area contributed by atoms with E-state index in [1.54, 1.807) is 13.3 Å². The van der Waals surface area contributed by atoms with Crippen molar-refractivity contribution in [2.75, 3.05) is 13.7 Å². The van der Waals surface area contributed by atoms with Gasteiger partial charge in [0.25, 0.3) is 5.91 Å². The number of benzene rings is 2. The molecule has 1 N–H and O–H groups in total. The highest BCUT2D eigenvalue weighted by Crippen LogP contribution is 2.23. The predicted molar refractivity (Wildman–Crippen MR) is 108 cm³/mol. The molecule has 0 bridgehead atoms. The van der Waals surface area contributed by atoms with Crippen LogP contribution in [0.3, 0.4) is 0 Å². The van der Waals surface area contributed by atoms with E-state index < -0.39 is 0 Å². The second kappa shape index (κ2) is 8.61. The Bertz CT molecular complexity index is 948. The number of aryl methyl sites for hydroxylation is 3. The number of nitrogens with zero attached hydrogens (tertiary/aromatic N) is 2. The average molecular weight is 379 g/mol. The monoisotopic (exact) mass is 379 g/mol. The Morgan fingerprint density at radius 3 is 2.54 bits per heavy atom. The van der Waals surface area contributed by atoms with Crippen LogP contribution in [-0.2, 0) is 11.8 Å². The molecule has 0 aliphatic carbocycles. The first-order valence-corrected chi connectivity index (χ1v) is 9.08. The highest BCUT2D eigenvalue weighted by atomic mass is 16.5. The molecular weight excluding hydrogens is 354 g/mol. The summed E-state index contributed by atoms with van der Waals surface area (Å²) in [6.45, 7) is 3.92. The van der Waals surface area contributed by atoms with Gasteiger partial charge in [-0.1, -0.05) is 29.8 Å². The van der Waals surface area contributed by atoms with Gasteiger partial charge in [0.15, 0.2) is 6.61 Å². The molecule has 1 heterocycles. The highest BCUT2D eigenvalue weighted by molar-refractivity contribution is 5.78. The van der Waals surface area contributed by atoms with Crippen LogP contribution in [0.4, 0.5) is 0 Å². The van der Waals surface area contributed by atoms with Crippen LogP contribution < -0.4 is 14.8 Å². The van der Waals surface area contributed by atoms with Crippen molar-refractivity contribution in [1.82, 2.24) is 14.9 Å². The summed E-state index contributed by atoms with van der Waals surface area (Å²) in [5.41, 5.74) is 3.07. The Balaban J connectivity index is 1.75. The molecule has 1 amide bonds. The van der Waals surface area contributed by atoms with Crippen molar-refractivity contribution in [3.8, 4) is 11.5 Å². The van der Waals surface area contributed by atoms with Crippen molar-refractivity contribution in [3.05, 3.63) is 77.4 Å². The molecule has 6 heteroatoms. The third-order valence-electron chi connectivity index (χ3n) is 4.56. The highest BCUT2D eigenvalue weighted by Gasteiger charge is 2.21. The summed E-state index contributed by atoms with van der Waals surface area (Å²) in [6.07, 6.45) is 3.56. The Morgan fingerprint density at radius 1 is 1.18 bits per heavy atom. The van der Waals surface area contributed by atoms with Crippen molar-refractivity contribution in [2.45, 2.75) is 19.9 Å². The lowest BCUT2D eigenvalue weighted by Gasteiger charge is -2.20. The molecule has 0 fully saturated rings. The summed E-state index contributed by atoms with van der Waals surface area (Å²) >= 11 is 0. The first kappa shape index (κ1) is 19.5. The molecule has 2 aromatic carbocycles. The zero-order valence-electron chi connectivity index (χ0n) is 16.6. The summed E-state index contributed by atoms with van der Waals surface area (Å²) in [5, 5.41) is 3.03. The lowest BCUT2D eigenvalue weighted by atomic mass is 10.1. The maximum Gasteiger partial charge on any atom is 0.258 e. The van der Waals surface area contributed by atoms with Crippen molar-refractivity contribution < 1.29 is 14.3 Å². The molecule has 0 saturated carbocycles. The van der Waals surface area contributed by atoms with Crippen LogP contribution in [0.15, 0.2) is 54.9 Å². The Hall–Kier alpha value is -3.28. The van der Waals surface area contributed by atoms with E-state index in [1.165, 1.54) is 0 Å². The van der Waals surface area contributed by atoms with E-state index >= 15 is 0 Å². The van der Waals surface area contributed by atoms with Crippen LogP contribution in [-0.4, -0.2) is 29.2 Å². The molecule has 0 aliphatic rings. The number of carbonyl (C=O) groups excluding carboxylic acids is 1. The molecule has 0 spiro atoms. The summed E-state index contributed by atoms with van der Waals surface area (Å²) in [7, 11) is 3.52. The fourth-order valence-electron chi connectivity index (χ4n) is 3.06. The molecule has 0 radical (unpaired) electrons. The van der Waals surface area contributed by atoms with Crippen molar-refractivity contribution in [2.24, 2.45) is 7.05 Å². The number of imidazole rings is 1. The molecule has 28 heavy (non-hydrogen) atoms. The number of ether oxygens (including phenoxy) is 2. The molecule has 6 nitrogen and oxygen atoms in total. The average Bonchev–Trinajstić information content (AvgIpc) is 3.11. The minimum atomic E-state index is -0.388. The van der Waals surface area contributed by atoms with Crippen LogP contribution in [0.2, 0.25) is 0 Å². The van der Waals surface area contributed by atoms with Gasteiger partial charge in [-0.2, -0.15) is 0 Å². The van der Waals surface area contributed by atoms with Crippen LogP contribution in [0.1, 0.15) is 28.6 Å². The van der Waals surface area contributed by atoms with Crippen molar-refractivity contribution in [1.29, 1.82) is 0 Å². The smallest absolute Gasteiger partial charge is 0.258 e. The van der Waals surface area contributed by atoms with Gasteiger partial charge in [0, 0.05) is 19.4 Å². The first-order chi connectivity index (χ1) is 13.5. The minimum absolute atomic E-state index is 0.0685. The van der Waals surface area contributed by atoms with Gasteiger partial charge in [-0.3, -0.25) is 4.79 Å². The van der Waals surface area contributed by atoms with Gasteiger partial charge in [0.05, 0.1) is 7.11 Å². The van der Waals surface area contributed by atoms with E-state index in [0.717, 1.165) is 28.3 Å². The number of nitrogens with one attached hydrogen (secondary N) is 1. The number of hydrogen-bond donors (Lipinski definition) is 1. The predicted octanol–water partition coefficient (Wildman–Crippen LogP) is 3.33. The molecule has 0 saturated heterocycles. The number of carbonyl (C=O) groups is 1. The molecule has 1 aromatic heterocycles. The topological polar surface area (TPSA) is 65.4 Å². The largest absolute Gasteiger partial charge is 0.497 e. The summed E-state index contributed by atoms with van der Waals surface area (Å²) in [5.74, 6) is 1.99. The van der Waals surface area contributed by atoms with E-state index in [2.05, 4.69) is 10.3 Å². The molecule has 1 atom stereocenters. The Kier molecular flexibility index (Phi) is 5.99. The standard InChI is InChI=1S/C22H25N3O3/c1-15-5-10-19(16(2)13-15)28-14-20(26)24-21(22-23-11-12-25(22)3)17-6-8-18(27-4)9-7-17/h5-13,21H,14H2,1-4H3,(H,24,26). The van der Waals surface area contributed by atoms with Gasteiger partial charge in [0.2, 0.25) is 0 Å². The summed E-state index contributed by atoms with van der Waals surface area (Å²) in [6, 6.07) is 13.1. The zero-order chi connectivity index (χ0) is 20.1. The third kappa shape index (κ3) is 4.52. The van der Waals surface area contributed by atoms with E-state index in [1.807, 2.05) is 74.1 Å². The summed E-state index contributed by atoms with van der Waals surface area (Å²) < 4.78 is 12.8. The number of amides is 1. The summed E-state index contributed by atoms with van der Waals surface area (Å²) in [4.78, 5) is 17.0. The Labute approximate surface area is 165 Å². The first-order valence-electron chi connectivity index (χ1n) is 9.08. The minimum Gasteiger partial charge on any atom is -0.497 e. The van der Waals surface area contributed by atoms with Gasteiger partial charge < -0.3 is 19.4 Å². The number of aromatic nitrogens is 2. The number of hydrogen-bond acceptors (Lipinski definition) is 4. The molecular formula is C22H25N3O3. The fraction of sp³-hybridized carbons (Fsp3) is 0.273. The van der Waals surface area contributed by atoms with Gasteiger partial charge in [-0.25, -0.2) is 4.98 Å². The molecule has 1 unspecified atom stereocenters. The Morgan fingerprint density at radius 2 is 1.93 bits per heavy atom. The van der Waals surface area contributed by atoms with Crippen LogP contribution >= 0.6 is 0 Å². The normalized spacial score (nSPS) is 11.7. The van der Waals surface area contributed by atoms with Crippen LogP contribution in [0.25, 0.3) is 0 Å². The van der Waals surface area contributed by atoms with E-state index in [-0.39, 0.29) is 18.6 Å². The van der Waals surface area contributed by atoms with Crippen molar-refractivity contribution in [3.63, 3.8) is 0 Å². The lowest BCUT2D eigenvalue weighted by Crippen LogP contribution is -2.34. The van der Waals surface area contributed by atoms with E-state index in [0.29, 0.717) is 5.75 Å². The lowest BCUT2D eigenvalue weighted by molar-refractivity contribution is -0.123. The molecule has 3 rings (SSSR count). The van der Waals surface area contributed by atoms with E-state index in [4.69, 9.17) is 9.47 Å². The quantitative estimate of drug-likeness (QED) is 0.684. The van der Waals surface area contributed by atoms with Gasteiger partial charge >= 0.3 is 0 Å². The SMILES string of the molecule is COc1ccc(C(NC(=O)COc2ccc(C)cc2C)c2nccn2C)cc1. The number of methoxy groups -OCH3 is 1.